The molecule has 0 fully saturated rings. The van der Waals surface area contributed by atoms with E-state index in [9.17, 15) is 0 Å². The number of aryl methyl sites for hydroxylation is 2. The highest BCUT2D eigenvalue weighted by atomic mass is 79.9. The Balaban J connectivity index is 2.83. The Kier molecular flexibility index (Phi) is 1.93. The summed E-state index contributed by atoms with van der Waals surface area (Å²) < 4.78 is 2.22. The molecule has 3 heteroatoms. The van der Waals surface area contributed by atoms with Gasteiger partial charge < -0.3 is 0 Å². The largest absolute Gasteiger partial charge is 0.229 e. The number of fused-ring (bicyclic) bond motifs is 1. The van der Waals surface area contributed by atoms with Gasteiger partial charge in [0.1, 0.15) is 0 Å². The minimum Gasteiger partial charge on any atom is -0.229 e. The van der Waals surface area contributed by atoms with Gasteiger partial charge in [0.05, 0.1) is 10.2 Å². The van der Waals surface area contributed by atoms with Gasteiger partial charge in [0.15, 0.2) is 3.92 Å². The number of benzene rings is 1. The molecule has 1 nitrogen and oxygen atoms in total. The fourth-order valence-corrected chi connectivity index (χ4v) is 2.64. The van der Waals surface area contributed by atoms with E-state index in [2.05, 4.69) is 46.9 Å². The molecule has 62 valence electrons. The summed E-state index contributed by atoms with van der Waals surface area (Å²) in [5.41, 5.74) is 3.73. The van der Waals surface area contributed by atoms with Gasteiger partial charge in [0, 0.05) is 0 Å². The number of thiazole rings is 1. The van der Waals surface area contributed by atoms with Crippen molar-refractivity contribution in [3.05, 3.63) is 27.2 Å². The molecule has 2 aromatic rings. The van der Waals surface area contributed by atoms with Gasteiger partial charge in [-0.2, -0.15) is 0 Å². The van der Waals surface area contributed by atoms with Gasteiger partial charge in [-0.05, 0) is 53.0 Å². The lowest BCUT2D eigenvalue weighted by molar-refractivity contribution is 1.35. The van der Waals surface area contributed by atoms with Crippen molar-refractivity contribution in [1.29, 1.82) is 0 Å². The van der Waals surface area contributed by atoms with E-state index in [0.29, 0.717) is 0 Å². The van der Waals surface area contributed by atoms with E-state index in [-0.39, 0.29) is 0 Å². The van der Waals surface area contributed by atoms with E-state index in [1.807, 2.05) is 0 Å². The lowest BCUT2D eigenvalue weighted by atomic mass is 10.1. The molecule has 0 amide bonds. The summed E-state index contributed by atoms with van der Waals surface area (Å²) in [6, 6.07) is 4.32. The summed E-state index contributed by atoms with van der Waals surface area (Å²) in [5, 5.41) is 0. The first-order valence-corrected chi connectivity index (χ1v) is 5.31. The molecule has 0 bridgehead atoms. The topological polar surface area (TPSA) is 12.9 Å². The minimum atomic E-state index is 0.961. The molecule has 2 rings (SSSR count). The Morgan fingerprint density at radius 3 is 2.67 bits per heavy atom. The van der Waals surface area contributed by atoms with Crippen LogP contribution in [0, 0.1) is 13.8 Å². The van der Waals surface area contributed by atoms with E-state index in [1.165, 1.54) is 15.8 Å². The second kappa shape index (κ2) is 2.82. The smallest absolute Gasteiger partial charge is 0.160 e. The zero-order valence-electron chi connectivity index (χ0n) is 6.89. The van der Waals surface area contributed by atoms with Crippen molar-refractivity contribution in [2.45, 2.75) is 13.8 Å². The molecule has 1 aromatic heterocycles. The lowest BCUT2D eigenvalue weighted by Crippen LogP contribution is -1.78. The second-order valence-electron chi connectivity index (χ2n) is 2.87. The Labute approximate surface area is 83.6 Å². The van der Waals surface area contributed by atoms with Crippen LogP contribution in [-0.2, 0) is 0 Å². The molecule has 1 heterocycles. The van der Waals surface area contributed by atoms with E-state index in [0.717, 1.165) is 9.43 Å². The summed E-state index contributed by atoms with van der Waals surface area (Å²) in [6.45, 7) is 4.24. The van der Waals surface area contributed by atoms with Crippen LogP contribution < -0.4 is 0 Å². The van der Waals surface area contributed by atoms with Crippen molar-refractivity contribution in [2.24, 2.45) is 0 Å². The standard InChI is InChI=1S/C9H8BrNS/c1-5-3-7-8(4-6(5)2)12-9(10)11-7/h3-4H,1-2H3. The average molecular weight is 242 g/mol. The van der Waals surface area contributed by atoms with E-state index in [1.54, 1.807) is 11.3 Å². The first kappa shape index (κ1) is 8.20. The quantitative estimate of drug-likeness (QED) is 0.686. The van der Waals surface area contributed by atoms with E-state index >= 15 is 0 Å². The molecule has 0 unspecified atom stereocenters. The SMILES string of the molecule is Cc1cc2nc(Br)sc2cc1C. The third-order valence-electron chi connectivity index (χ3n) is 1.98. The Morgan fingerprint density at radius 1 is 1.25 bits per heavy atom. The normalized spacial score (nSPS) is 10.9. The van der Waals surface area contributed by atoms with Crippen LogP contribution in [0.1, 0.15) is 11.1 Å². The van der Waals surface area contributed by atoms with Crippen LogP contribution in [0.25, 0.3) is 10.2 Å². The fraction of sp³-hybridized carbons (Fsp3) is 0.222. The zero-order valence-corrected chi connectivity index (χ0v) is 9.29. The number of hydrogen-bond donors (Lipinski definition) is 0. The molecule has 0 radical (unpaired) electrons. The first-order valence-electron chi connectivity index (χ1n) is 3.70. The van der Waals surface area contributed by atoms with Gasteiger partial charge in [-0.25, -0.2) is 4.98 Å². The van der Waals surface area contributed by atoms with Crippen LogP contribution in [0.5, 0.6) is 0 Å². The number of aromatic nitrogens is 1. The molecule has 0 saturated heterocycles. The average Bonchev–Trinajstić information content (AvgIpc) is 2.30. The van der Waals surface area contributed by atoms with Gasteiger partial charge in [-0.3, -0.25) is 0 Å². The van der Waals surface area contributed by atoms with Gasteiger partial charge in [-0.1, -0.05) is 0 Å². The molecule has 0 spiro atoms. The van der Waals surface area contributed by atoms with Crippen LogP contribution in [0.15, 0.2) is 16.0 Å². The monoisotopic (exact) mass is 241 g/mol. The molecule has 0 saturated carbocycles. The van der Waals surface area contributed by atoms with Crippen LogP contribution in [0.3, 0.4) is 0 Å². The zero-order chi connectivity index (χ0) is 8.72. The maximum Gasteiger partial charge on any atom is 0.160 e. The third kappa shape index (κ3) is 1.27. The van der Waals surface area contributed by atoms with Crippen LogP contribution in [0.2, 0.25) is 0 Å². The van der Waals surface area contributed by atoms with Crippen LogP contribution in [0.4, 0.5) is 0 Å². The number of rotatable bonds is 0. The van der Waals surface area contributed by atoms with Gasteiger partial charge in [0.2, 0.25) is 0 Å². The summed E-state index contributed by atoms with van der Waals surface area (Å²) >= 11 is 5.06. The highest BCUT2D eigenvalue weighted by molar-refractivity contribution is 9.11. The Bertz CT molecular complexity index is 394. The molecular weight excluding hydrogens is 234 g/mol. The summed E-state index contributed by atoms with van der Waals surface area (Å²) in [7, 11) is 0. The highest BCUT2D eigenvalue weighted by Gasteiger charge is 2.02. The lowest BCUT2D eigenvalue weighted by Gasteiger charge is -1.96. The van der Waals surface area contributed by atoms with E-state index in [4.69, 9.17) is 0 Å². The molecule has 12 heavy (non-hydrogen) atoms. The number of halogens is 1. The Morgan fingerprint density at radius 2 is 1.92 bits per heavy atom. The minimum absolute atomic E-state index is 0.961. The summed E-state index contributed by atoms with van der Waals surface area (Å²) in [6.07, 6.45) is 0. The molecule has 1 aromatic carbocycles. The molecular formula is C9H8BrNS. The van der Waals surface area contributed by atoms with Crippen molar-refractivity contribution in [1.82, 2.24) is 4.98 Å². The molecule has 0 atom stereocenters. The third-order valence-corrected chi connectivity index (χ3v) is 3.45. The van der Waals surface area contributed by atoms with Crippen molar-refractivity contribution in [3.63, 3.8) is 0 Å². The molecule has 0 aliphatic carbocycles. The maximum atomic E-state index is 4.35. The highest BCUT2D eigenvalue weighted by Crippen LogP contribution is 2.27. The van der Waals surface area contributed by atoms with Crippen LogP contribution >= 0.6 is 27.3 Å². The van der Waals surface area contributed by atoms with Crippen molar-refractivity contribution < 1.29 is 0 Å². The van der Waals surface area contributed by atoms with Gasteiger partial charge in [0.25, 0.3) is 0 Å². The molecule has 0 aliphatic rings. The van der Waals surface area contributed by atoms with Gasteiger partial charge >= 0.3 is 0 Å². The summed E-state index contributed by atoms with van der Waals surface area (Å²) in [5.74, 6) is 0. The second-order valence-corrected chi connectivity index (χ2v) is 5.18. The number of nitrogens with zero attached hydrogens (tertiary/aromatic N) is 1. The molecule has 0 N–H and O–H groups in total. The Hall–Kier alpha value is -0.410. The predicted molar refractivity (Wildman–Crippen MR) is 56.8 cm³/mol. The molecule has 0 aliphatic heterocycles. The van der Waals surface area contributed by atoms with Crippen molar-refractivity contribution in [3.8, 4) is 0 Å². The van der Waals surface area contributed by atoms with Gasteiger partial charge in [-0.15, -0.1) is 11.3 Å². The predicted octanol–water partition coefficient (Wildman–Crippen LogP) is 3.68. The van der Waals surface area contributed by atoms with Crippen LogP contribution in [-0.4, -0.2) is 4.98 Å². The maximum absolute atomic E-state index is 4.35. The number of hydrogen-bond acceptors (Lipinski definition) is 2. The van der Waals surface area contributed by atoms with E-state index < -0.39 is 0 Å². The van der Waals surface area contributed by atoms with Crippen molar-refractivity contribution >= 4 is 37.5 Å². The first-order chi connectivity index (χ1) is 5.66. The fourth-order valence-electron chi connectivity index (χ4n) is 1.15. The summed E-state index contributed by atoms with van der Waals surface area (Å²) in [4.78, 5) is 4.35. The van der Waals surface area contributed by atoms with Crippen molar-refractivity contribution in [2.75, 3.05) is 0 Å².